The van der Waals surface area contributed by atoms with E-state index in [-0.39, 0.29) is 11.3 Å². The molecule has 1 fully saturated rings. The number of aliphatic hydroxyl groups excluding tert-OH is 1. The Morgan fingerprint density at radius 2 is 1.73 bits per heavy atom. The van der Waals surface area contributed by atoms with Crippen LogP contribution in [0.4, 0.5) is 0 Å². The van der Waals surface area contributed by atoms with Gasteiger partial charge in [-0.2, -0.15) is 0 Å². The number of likely N-dealkylation sites (N-methyl/N-ethyl adjacent to an activating group) is 1. The maximum Gasteiger partial charge on any atom is 0.295 e. The molecule has 0 saturated carbocycles. The Morgan fingerprint density at radius 3 is 2.30 bits per heavy atom. The number of carbonyl (C=O) groups excluding carboxylic acids is 2. The van der Waals surface area contributed by atoms with E-state index in [2.05, 4.69) is 4.90 Å². The highest BCUT2D eigenvalue weighted by molar-refractivity contribution is 6.46. The van der Waals surface area contributed by atoms with Gasteiger partial charge in [-0.15, -0.1) is 0 Å². The van der Waals surface area contributed by atoms with Crippen LogP contribution in [0.2, 0.25) is 5.02 Å². The summed E-state index contributed by atoms with van der Waals surface area (Å²) < 4.78 is 10.9. The smallest absolute Gasteiger partial charge is 0.295 e. The Morgan fingerprint density at radius 1 is 1.06 bits per heavy atom. The van der Waals surface area contributed by atoms with E-state index in [0.29, 0.717) is 40.7 Å². The van der Waals surface area contributed by atoms with E-state index in [1.54, 1.807) is 49.6 Å². The number of hydrogen-bond acceptors (Lipinski definition) is 6. The van der Waals surface area contributed by atoms with Crippen molar-refractivity contribution in [3.8, 4) is 11.5 Å². The summed E-state index contributed by atoms with van der Waals surface area (Å²) >= 11 is 5.98. The van der Waals surface area contributed by atoms with E-state index in [1.165, 1.54) is 12.0 Å². The Kier molecular flexibility index (Phi) is 8.00. The van der Waals surface area contributed by atoms with Crippen molar-refractivity contribution in [2.24, 2.45) is 0 Å². The van der Waals surface area contributed by atoms with Gasteiger partial charge >= 0.3 is 0 Å². The molecule has 8 heteroatoms. The molecule has 0 bridgehead atoms. The molecule has 1 heterocycles. The average molecular weight is 473 g/mol. The first kappa shape index (κ1) is 24.6. The fraction of sp³-hybridized carbons (Fsp3) is 0.360. The predicted molar refractivity (Wildman–Crippen MR) is 128 cm³/mol. The lowest BCUT2D eigenvalue weighted by Gasteiger charge is -2.29. The zero-order valence-corrected chi connectivity index (χ0v) is 20.1. The number of hydrogen-bond donors (Lipinski definition) is 1. The molecule has 3 rings (SSSR count). The lowest BCUT2D eigenvalue weighted by atomic mass is 9.94. The molecule has 1 amide bonds. The fourth-order valence-corrected chi connectivity index (χ4v) is 4.16. The van der Waals surface area contributed by atoms with E-state index in [1.807, 2.05) is 13.8 Å². The standard InChI is InChI=1S/C25H29ClN2O5/c1-5-27(6-2)13-14-28-22(19-12-11-18(32-3)15-20(19)33-4)21(24(30)25(28)31)23(29)16-7-9-17(26)10-8-16/h7-12,15,22,29H,5-6,13-14H2,1-4H3/b23-21+. The Hall–Kier alpha value is -3.03. The van der Waals surface area contributed by atoms with Crippen LogP contribution in [0, 0.1) is 0 Å². The topological polar surface area (TPSA) is 79.3 Å². The molecular weight excluding hydrogens is 444 g/mol. The quantitative estimate of drug-likeness (QED) is 0.336. The van der Waals surface area contributed by atoms with Gasteiger partial charge in [0.05, 0.1) is 25.8 Å². The van der Waals surface area contributed by atoms with Crippen molar-refractivity contribution in [3.05, 3.63) is 64.2 Å². The summed E-state index contributed by atoms with van der Waals surface area (Å²) in [4.78, 5) is 30.0. The van der Waals surface area contributed by atoms with Gasteiger partial charge in [-0.3, -0.25) is 9.59 Å². The van der Waals surface area contributed by atoms with Crippen LogP contribution in [-0.4, -0.2) is 67.0 Å². The summed E-state index contributed by atoms with van der Waals surface area (Å²) in [6, 6.07) is 10.9. The van der Waals surface area contributed by atoms with Gasteiger partial charge < -0.3 is 24.4 Å². The van der Waals surface area contributed by atoms with Crippen molar-refractivity contribution in [3.63, 3.8) is 0 Å². The average Bonchev–Trinajstić information content (AvgIpc) is 3.09. The van der Waals surface area contributed by atoms with Crippen molar-refractivity contribution in [1.82, 2.24) is 9.80 Å². The van der Waals surface area contributed by atoms with E-state index in [4.69, 9.17) is 21.1 Å². The number of carbonyl (C=O) groups is 2. The number of halogens is 1. The minimum absolute atomic E-state index is 0.0188. The third-order valence-corrected chi connectivity index (χ3v) is 6.20. The molecule has 0 radical (unpaired) electrons. The van der Waals surface area contributed by atoms with E-state index in [9.17, 15) is 14.7 Å². The van der Waals surface area contributed by atoms with Crippen molar-refractivity contribution in [2.75, 3.05) is 40.4 Å². The molecular formula is C25H29ClN2O5. The van der Waals surface area contributed by atoms with Crippen molar-refractivity contribution in [1.29, 1.82) is 0 Å². The molecule has 1 unspecified atom stereocenters. The highest BCUT2D eigenvalue weighted by atomic mass is 35.5. The third-order valence-electron chi connectivity index (χ3n) is 5.94. The van der Waals surface area contributed by atoms with E-state index in [0.717, 1.165) is 13.1 Å². The number of ether oxygens (including phenoxy) is 2. The molecule has 2 aromatic carbocycles. The highest BCUT2D eigenvalue weighted by Gasteiger charge is 2.47. The minimum Gasteiger partial charge on any atom is -0.507 e. The number of rotatable bonds is 9. The van der Waals surface area contributed by atoms with Gasteiger partial charge in [0.25, 0.3) is 11.7 Å². The van der Waals surface area contributed by atoms with Gasteiger partial charge in [0.2, 0.25) is 0 Å². The molecule has 7 nitrogen and oxygen atoms in total. The van der Waals surface area contributed by atoms with Crippen LogP contribution in [0.15, 0.2) is 48.0 Å². The van der Waals surface area contributed by atoms with Crippen molar-refractivity contribution < 1.29 is 24.2 Å². The minimum atomic E-state index is -0.808. The summed E-state index contributed by atoms with van der Waals surface area (Å²) in [6.45, 7) is 6.65. The zero-order valence-electron chi connectivity index (χ0n) is 19.3. The lowest BCUT2D eigenvalue weighted by molar-refractivity contribution is -0.140. The molecule has 2 aromatic rings. The molecule has 1 aliphatic heterocycles. The largest absolute Gasteiger partial charge is 0.507 e. The SMILES string of the molecule is CCN(CC)CCN1C(=O)C(=O)/C(=C(/O)c2ccc(Cl)cc2)C1c1ccc(OC)cc1OC. The number of benzene rings is 2. The molecule has 176 valence electrons. The van der Waals surface area contributed by atoms with E-state index < -0.39 is 17.7 Å². The first-order valence-electron chi connectivity index (χ1n) is 10.8. The maximum absolute atomic E-state index is 13.2. The van der Waals surface area contributed by atoms with Crippen molar-refractivity contribution in [2.45, 2.75) is 19.9 Å². The normalized spacial score (nSPS) is 17.6. The van der Waals surface area contributed by atoms with Gasteiger partial charge in [0, 0.05) is 35.3 Å². The summed E-state index contributed by atoms with van der Waals surface area (Å²) in [5.74, 6) is -0.604. The van der Waals surface area contributed by atoms with Crippen molar-refractivity contribution >= 4 is 29.1 Å². The number of ketones is 1. The summed E-state index contributed by atoms with van der Waals surface area (Å²) in [5, 5.41) is 11.6. The summed E-state index contributed by atoms with van der Waals surface area (Å²) in [5.41, 5.74) is 1.01. The number of Topliss-reactive ketones (excluding diaryl/α,β-unsaturated/α-hetero) is 1. The number of methoxy groups -OCH3 is 2. The molecule has 0 aromatic heterocycles. The molecule has 1 saturated heterocycles. The lowest BCUT2D eigenvalue weighted by Crippen LogP contribution is -2.38. The second-order valence-electron chi connectivity index (χ2n) is 7.63. The maximum atomic E-state index is 13.2. The van der Waals surface area contributed by atoms with Crippen LogP contribution in [0.1, 0.15) is 31.0 Å². The van der Waals surface area contributed by atoms with Crippen LogP contribution in [-0.2, 0) is 9.59 Å². The molecule has 1 atom stereocenters. The van der Waals surface area contributed by atoms with Gasteiger partial charge in [0.1, 0.15) is 17.3 Å². The zero-order chi connectivity index (χ0) is 24.1. The second kappa shape index (κ2) is 10.7. The number of nitrogens with zero attached hydrogens (tertiary/aromatic N) is 2. The summed E-state index contributed by atoms with van der Waals surface area (Å²) in [7, 11) is 3.06. The fourth-order valence-electron chi connectivity index (χ4n) is 4.03. The first-order chi connectivity index (χ1) is 15.9. The highest BCUT2D eigenvalue weighted by Crippen LogP contribution is 2.43. The molecule has 33 heavy (non-hydrogen) atoms. The molecule has 1 aliphatic rings. The Labute approximate surface area is 199 Å². The van der Waals surface area contributed by atoms with Crippen LogP contribution in [0.3, 0.4) is 0 Å². The molecule has 0 aliphatic carbocycles. The molecule has 0 spiro atoms. The monoisotopic (exact) mass is 472 g/mol. The predicted octanol–water partition coefficient (Wildman–Crippen LogP) is 4.12. The number of aliphatic hydroxyl groups is 1. The van der Waals surface area contributed by atoms with Crippen LogP contribution >= 0.6 is 11.6 Å². The summed E-state index contributed by atoms with van der Waals surface area (Å²) in [6.07, 6.45) is 0. The van der Waals surface area contributed by atoms with E-state index >= 15 is 0 Å². The van der Waals surface area contributed by atoms with Crippen LogP contribution in [0.25, 0.3) is 5.76 Å². The second-order valence-corrected chi connectivity index (χ2v) is 8.07. The van der Waals surface area contributed by atoms with Gasteiger partial charge in [-0.05, 0) is 49.5 Å². The number of amides is 1. The van der Waals surface area contributed by atoms with Gasteiger partial charge in [0.15, 0.2) is 0 Å². The van der Waals surface area contributed by atoms with Crippen LogP contribution in [0.5, 0.6) is 11.5 Å². The van der Waals surface area contributed by atoms with Gasteiger partial charge in [-0.1, -0.05) is 25.4 Å². The molecule has 1 N–H and O–H groups in total. The Bertz CT molecular complexity index is 1050. The number of likely N-dealkylation sites (tertiary alicyclic amines) is 1. The first-order valence-corrected chi connectivity index (χ1v) is 11.2. The van der Waals surface area contributed by atoms with Gasteiger partial charge in [-0.25, -0.2) is 0 Å². The third kappa shape index (κ3) is 4.99. The van der Waals surface area contributed by atoms with Crippen LogP contribution < -0.4 is 9.47 Å². The Balaban J connectivity index is 2.17.